The molecule has 2 atom stereocenters. The van der Waals surface area contributed by atoms with E-state index in [1.54, 1.807) is 26.0 Å². The number of hydrogen-bond donors (Lipinski definition) is 2. The fraction of sp³-hybridized carbons (Fsp3) is 0.381. The maximum absolute atomic E-state index is 14.3. The van der Waals surface area contributed by atoms with Crippen LogP contribution < -0.4 is 15.8 Å². The number of nitrogens with two attached hydrogens (primary N) is 1. The zero-order valence-corrected chi connectivity index (χ0v) is 16.4. The lowest BCUT2D eigenvalue weighted by molar-refractivity contribution is -0.126. The fourth-order valence-electron chi connectivity index (χ4n) is 2.74. The summed E-state index contributed by atoms with van der Waals surface area (Å²) in [6, 6.07) is 13.6. The second kappa shape index (κ2) is 8.72. The molecule has 0 aliphatic heterocycles. The summed E-state index contributed by atoms with van der Waals surface area (Å²) in [6.45, 7) is 4.03. The number of nitrogens with one attached hydrogen (secondary N) is 1. The Hall–Kier alpha value is -2.11. The summed E-state index contributed by atoms with van der Waals surface area (Å²) in [6.07, 6.45) is 2.31. The van der Waals surface area contributed by atoms with E-state index in [2.05, 4.69) is 5.32 Å². The van der Waals surface area contributed by atoms with Gasteiger partial charge in [0, 0.05) is 0 Å². The van der Waals surface area contributed by atoms with E-state index in [-0.39, 0.29) is 30.1 Å². The molecule has 0 aromatic heterocycles. The van der Waals surface area contributed by atoms with E-state index in [0.717, 1.165) is 18.4 Å². The van der Waals surface area contributed by atoms with Crippen LogP contribution in [0.4, 0.5) is 4.39 Å². The van der Waals surface area contributed by atoms with Gasteiger partial charge in [-0.2, -0.15) is 0 Å². The summed E-state index contributed by atoms with van der Waals surface area (Å²) < 4.78 is 19.8. The smallest absolute Gasteiger partial charge is 0.244 e. The summed E-state index contributed by atoms with van der Waals surface area (Å²) in [5.41, 5.74) is 6.45. The zero-order chi connectivity index (χ0) is 18.7. The normalized spacial score (nSPS) is 16.6. The average Bonchev–Trinajstić information content (AvgIpc) is 3.45. The minimum Gasteiger partial charge on any atom is -0.490 e. The van der Waals surface area contributed by atoms with Crippen LogP contribution in [-0.4, -0.2) is 12.5 Å². The molecule has 27 heavy (non-hydrogen) atoms. The van der Waals surface area contributed by atoms with Crippen molar-refractivity contribution < 1.29 is 13.9 Å². The SMILES string of the molecule is CC(NC(=O)C(C)(N)c1ccccc1)c1ccc(OCC2CC2)c(F)c1.Cl. The Kier molecular flexibility index (Phi) is 6.84. The number of carbonyl (C=O) groups excluding carboxylic acids is 1. The van der Waals surface area contributed by atoms with Gasteiger partial charge in [0.1, 0.15) is 5.54 Å². The van der Waals surface area contributed by atoms with Crippen molar-refractivity contribution in [3.05, 3.63) is 65.5 Å². The van der Waals surface area contributed by atoms with Crippen molar-refractivity contribution in [1.29, 1.82) is 0 Å². The van der Waals surface area contributed by atoms with Crippen molar-refractivity contribution in [3.8, 4) is 5.75 Å². The minimum atomic E-state index is -1.17. The molecule has 2 aromatic carbocycles. The van der Waals surface area contributed by atoms with Gasteiger partial charge < -0.3 is 15.8 Å². The minimum absolute atomic E-state index is 0. The van der Waals surface area contributed by atoms with E-state index in [0.29, 0.717) is 18.1 Å². The number of rotatable bonds is 7. The van der Waals surface area contributed by atoms with Gasteiger partial charge in [0.05, 0.1) is 12.6 Å². The number of benzene rings is 2. The van der Waals surface area contributed by atoms with E-state index in [9.17, 15) is 9.18 Å². The molecular weight excluding hydrogens is 367 g/mol. The van der Waals surface area contributed by atoms with Crippen LogP contribution in [0.25, 0.3) is 0 Å². The molecule has 0 heterocycles. The first-order valence-electron chi connectivity index (χ1n) is 8.95. The number of ether oxygens (including phenoxy) is 1. The summed E-state index contributed by atoms with van der Waals surface area (Å²) in [4.78, 5) is 12.6. The zero-order valence-electron chi connectivity index (χ0n) is 15.6. The van der Waals surface area contributed by atoms with Crippen LogP contribution in [0.3, 0.4) is 0 Å². The van der Waals surface area contributed by atoms with Gasteiger partial charge in [-0.05, 0) is 55.9 Å². The highest BCUT2D eigenvalue weighted by Crippen LogP contribution is 2.30. The Morgan fingerprint density at radius 3 is 2.56 bits per heavy atom. The van der Waals surface area contributed by atoms with Gasteiger partial charge in [-0.1, -0.05) is 36.4 Å². The van der Waals surface area contributed by atoms with Gasteiger partial charge in [0.2, 0.25) is 5.91 Å². The Labute approximate surface area is 165 Å². The summed E-state index contributed by atoms with van der Waals surface area (Å²) in [7, 11) is 0. The highest BCUT2D eigenvalue weighted by Gasteiger charge is 2.31. The third-order valence-corrected chi connectivity index (χ3v) is 4.82. The predicted molar refractivity (Wildman–Crippen MR) is 106 cm³/mol. The molecule has 1 saturated carbocycles. The molecule has 3 N–H and O–H groups in total. The molecule has 2 aromatic rings. The van der Waals surface area contributed by atoms with Crippen molar-refractivity contribution in [1.82, 2.24) is 5.32 Å². The Morgan fingerprint density at radius 1 is 1.30 bits per heavy atom. The van der Waals surface area contributed by atoms with Crippen LogP contribution in [0.1, 0.15) is 43.9 Å². The van der Waals surface area contributed by atoms with Crippen LogP contribution in [0, 0.1) is 11.7 Å². The quantitative estimate of drug-likeness (QED) is 0.746. The standard InChI is InChI=1S/C21H25FN2O2.ClH/c1-14(24-20(25)21(2,23)17-6-4-3-5-7-17)16-10-11-19(18(22)12-16)26-13-15-8-9-15;/h3-7,10-12,14-15H,8-9,13,23H2,1-2H3,(H,24,25);1H. The third-order valence-electron chi connectivity index (χ3n) is 4.82. The van der Waals surface area contributed by atoms with E-state index in [1.807, 2.05) is 30.3 Å². The average molecular weight is 393 g/mol. The number of carbonyl (C=O) groups is 1. The summed E-state index contributed by atoms with van der Waals surface area (Å²) in [5.74, 6) is 0.0909. The molecule has 146 valence electrons. The number of halogens is 2. The van der Waals surface area contributed by atoms with E-state index < -0.39 is 11.4 Å². The molecule has 0 bridgehead atoms. The first kappa shape index (κ1) is 21.2. The van der Waals surface area contributed by atoms with Crippen LogP contribution >= 0.6 is 12.4 Å². The first-order chi connectivity index (χ1) is 12.4. The molecule has 0 radical (unpaired) electrons. The lowest BCUT2D eigenvalue weighted by Crippen LogP contribution is -2.49. The van der Waals surface area contributed by atoms with Gasteiger partial charge in [-0.15, -0.1) is 12.4 Å². The van der Waals surface area contributed by atoms with Gasteiger partial charge in [-0.25, -0.2) is 4.39 Å². The topological polar surface area (TPSA) is 64.4 Å². The Bertz CT molecular complexity index is 779. The van der Waals surface area contributed by atoms with Crippen LogP contribution in [-0.2, 0) is 10.3 Å². The highest BCUT2D eigenvalue weighted by molar-refractivity contribution is 5.87. The number of hydrogen-bond acceptors (Lipinski definition) is 3. The molecule has 0 saturated heterocycles. The molecule has 1 amide bonds. The molecule has 1 aliphatic carbocycles. The largest absolute Gasteiger partial charge is 0.490 e. The van der Waals surface area contributed by atoms with Crippen LogP contribution in [0.2, 0.25) is 0 Å². The van der Waals surface area contributed by atoms with Crippen molar-refractivity contribution in [2.45, 2.75) is 38.3 Å². The monoisotopic (exact) mass is 392 g/mol. The maximum atomic E-state index is 14.3. The summed E-state index contributed by atoms with van der Waals surface area (Å²) >= 11 is 0. The fourth-order valence-corrected chi connectivity index (χ4v) is 2.74. The van der Waals surface area contributed by atoms with Crippen molar-refractivity contribution in [3.63, 3.8) is 0 Å². The lowest BCUT2D eigenvalue weighted by atomic mass is 9.91. The molecule has 1 fully saturated rings. The molecule has 2 unspecified atom stereocenters. The molecule has 0 spiro atoms. The van der Waals surface area contributed by atoms with E-state index in [4.69, 9.17) is 10.5 Å². The van der Waals surface area contributed by atoms with Crippen LogP contribution in [0.5, 0.6) is 5.75 Å². The van der Waals surface area contributed by atoms with E-state index in [1.165, 1.54) is 6.07 Å². The Balaban J connectivity index is 0.00000261. The molecule has 3 rings (SSSR count). The first-order valence-corrected chi connectivity index (χ1v) is 8.95. The third kappa shape index (κ3) is 5.21. The molecule has 1 aliphatic rings. The molecular formula is C21H26ClFN2O2. The predicted octanol–water partition coefficient (Wildman–Crippen LogP) is 4.09. The van der Waals surface area contributed by atoms with Crippen molar-refractivity contribution in [2.75, 3.05) is 6.61 Å². The Morgan fingerprint density at radius 2 is 1.96 bits per heavy atom. The van der Waals surface area contributed by atoms with Gasteiger partial charge in [-0.3, -0.25) is 4.79 Å². The number of amides is 1. The maximum Gasteiger partial charge on any atom is 0.244 e. The molecule has 6 heteroatoms. The van der Waals surface area contributed by atoms with Gasteiger partial charge in [0.25, 0.3) is 0 Å². The van der Waals surface area contributed by atoms with Crippen molar-refractivity contribution in [2.24, 2.45) is 11.7 Å². The van der Waals surface area contributed by atoms with Gasteiger partial charge in [0.15, 0.2) is 11.6 Å². The summed E-state index contributed by atoms with van der Waals surface area (Å²) in [5, 5.41) is 2.87. The highest BCUT2D eigenvalue weighted by atomic mass is 35.5. The second-order valence-electron chi connectivity index (χ2n) is 7.21. The lowest BCUT2D eigenvalue weighted by Gasteiger charge is -2.26. The van der Waals surface area contributed by atoms with Gasteiger partial charge >= 0.3 is 0 Å². The van der Waals surface area contributed by atoms with Crippen molar-refractivity contribution >= 4 is 18.3 Å². The van der Waals surface area contributed by atoms with Crippen LogP contribution in [0.15, 0.2) is 48.5 Å². The molecule has 4 nitrogen and oxygen atoms in total. The second-order valence-corrected chi connectivity index (χ2v) is 7.21. The van der Waals surface area contributed by atoms with E-state index >= 15 is 0 Å².